The molecule has 0 aliphatic heterocycles. The summed E-state index contributed by atoms with van der Waals surface area (Å²) in [7, 11) is -1.82. The molecule has 1 unspecified atom stereocenters. The van der Waals surface area contributed by atoms with Gasteiger partial charge in [0.1, 0.15) is 5.84 Å². The summed E-state index contributed by atoms with van der Waals surface area (Å²) in [6.45, 7) is 2.23. The average Bonchev–Trinajstić information content (AvgIpc) is 2.27. The van der Waals surface area contributed by atoms with E-state index in [0.717, 1.165) is 0 Å². The van der Waals surface area contributed by atoms with Crippen LogP contribution in [0.3, 0.4) is 0 Å². The van der Waals surface area contributed by atoms with Crippen LogP contribution in [0.4, 0.5) is 0 Å². The molecule has 0 amide bonds. The maximum Gasteiger partial charge on any atom is 0.211 e. The van der Waals surface area contributed by atoms with Crippen molar-refractivity contribution in [2.75, 3.05) is 19.5 Å². The molecule has 0 spiro atoms. The molecule has 4 N–H and O–H groups in total. The molecular formula is C9H21N3O4S. The molecule has 17 heavy (non-hydrogen) atoms. The predicted octanol–water partition coefficient (Wildman–Crippen LogP) is -0.143. The first-order valence-corrected chi connectivity index (χ1v) is 7.05. The second kappa shape index (κ2) is 8.26. The summed E-state index contributed by atoms with van der Waals surface area (Å²) in [6.07, 6.45) is 1.20. The quantitative estimate of drug-likeness (QED) is 0.177. The number of nitrogens with one attached hydrogen (secondary N) is 1. The van der Waals surface area contributed by atoms with Crippen LogP contribution in [0.1, 0.15) is 26.2 Å². The van der Waals surface area contributed by atoms with Gasteiger partial charge in [0.25, 0.3) is 0 Å². The average molecular weight is 267 g/mol. The number of hydrogen-bond donors (Lipinski definition) is 3. The van der Waals surface area contributed by atoms with E-state index in [1.807, 2.05) is 6.92 Å². The van der Waals surface area contributed by atoms with Gasteiger partial charge in [0.2, 0.25) is 10.0 Å². The first-order valence-electron chi connectivity index (χ1n) is 5.40. The monoisotopic (exact) mass is 267 g/mol. The lowest BCUT2D eigenvalue weighted by molar-refractivity contribution is 0.199. The molecule has 8 heteroatoms. The van der Waals surface area contributed by atoms with Crippen LogP contribution in [0.15, 0.2) is 5.16 Å². The lowest BCUT2D eigenvalue weighted by Gasteiger charge is -2.16. The van der Waals surface area contributed by atoms with Crippen molar-refractivity contribution in [3.8, 4) is 0 Å². The topological polar surface area (TPSA) is 114 Å². The van der Waals surface area contributed by atoms with E-state index in [0.29, 0.717) is 19.4 Å². The summed E-state index contributed by atoms with van der Waals surface area (Å²) >= 11 is 0. The first kappa shape index (κ1) is 16.1. The highest BCUT2D eigenvalue weighted by atomic mass is 32.2. The summed E-state index contributed by atoms with van der Waals surface area (Å²) < 4.78 is 30.6. The number of nitrogens with two attached hydrogens (primary N) is 1. The largest absolute Gasteiger partial charge is 0.409 e. The zero-order chi connectivity index (χ0) is 13.3. The van der Waals surface area contributed by atoms with E-state index in [9.17, 15) is 8.42 Å². The van der Waals surface area contributed by atoms with Gasteiger partial charge in [0, 0.05) is 26.2 Å². The number of nitrogens with zero attached hydrogens (tertiary/aromatic N) is 1. The molecule has 0 aromatic heterocycles. The molecule has 0 aromatic rings. The van der Waals surface area contributed by atoms with Crippen LogP contribution < -0.4 is 10.5 Å². The fourth-order valence-electron chi connectivity index (χ4n) is 1.27. The molecule has 0 rings (SSSR count). The molecule has 0 heterocycles. The van der Waals surface area contributed by atoms with Gasteiger partial charge in [-0.2, -0.15) is 0 Å². The van der Waals surface area contributed by atoms with Gasteiger partial charge in [0.15, 0.2) is 0 Å². The Balaban J connectivity index is 4.25. The second-order valence-electron chi connectivity index (χ2n) is 3.68. The summed E-state index contributed by atoms with van der Waals surface area (Å²) in [6, 6.07) is -0.349. The van der Waals surface area contributed by atoms with Crippen molar-refractivity contribution in [3.05, 3.63) is 0 Å². The molecule has 0 bridgehead atoms. The summed E-state index contributed by atoms with van der Waals surface area (Å²) in [5, 5.41) is 11.2. The smallest absolute Gasteiger partial charge is 0.211 e. The molecule has 102 valence electrons. The van der Waals surface area contributed by atoms with Crippen molar-refractivity contribution in [2.24, 2.45) is 10.9 Å². The number of amidine groups is 1. The van der Waals surface area contributed by atoms with Crippen LogP contribution in [-0.2, 0) is 14.8 Å². The molecule has 0 radical (unpaired) electrons. The van der Waals surface area contributed by atoms with Crippen LogP contribution in [0.2, 0.25) is 0 Å². The minimum Gasteiger partial charge on any atom is -0.409 e. The lowest BCUT2D eigenvalue weighted by atomic mass is 10.1. The number of hydrogen-bond acceptors (Lipinski definition) is 5. The third-order valence-corrected chi connectivity index (χ3v) is 3.70. The third kappa shape index (κ3) is 7.94. The number of ether oxygens (including phenoxy) is 1. The SMILES string of the molecule is CCC(C/C(N)=N/O)NS(=O)(=O)CCCOC. The lowest BCUT2D eigenvalue weighted by Crippen LogP contribution is -2.38. The molecule has 0 aromatic carbocycles. The fraction of sp³-hybridized carbons (Fsp3) is 0.889. The maximum atomic E-state index is 11.6. The maximum absolute atomic E-state index is 11.6. The predicted molar refractivity (Wildman–Crippen MR) is 65.5 cm³/mol. The van der Waals surface area contributed by atoms with Crippen molar-refractivity contribution >= 4 is 15.9 Å². The number of methoxy groups -OCH3 is 1. The number of oxime groups is 1. The van der Waals surface area contributed by atoms with Crippen LogP contribution in [0, 0.1) is 0 Å². The van der Waals surface area contributed by atoms with Gasteiger partial charge < -0.3 is 15.7 Å². The van der Waals surface area contributed by atoms with Gasteiger partial charge in [-0.25, -0.2) is 13.1 Å². The Labute approximate surface area is 102 Å². The Bertz CT molecular complexity index is 329. The van der Waals surface area contributed by atoms with Gasteiger partial charge in [-0.1, -0.05) is 12.1 Å². The van der Waals surface area contributed by atoms with Crippen molar-refractivity contribution in [1.82, 2.24) is 4.72 Å². The standard InChI is InChI=1S/C9H21N3O4S/c1-3-8(7-9(10)11-13)12-17(14,15)6-4-5-16-2/h8,12-13H,3-7H2,1-2H3,(H2,10,11). The van der Waals surface area contributed by atoms with Gasteiger partial charge in [-0.05, 0) is 12.8 Å². The van der Waals surface area contributed by atoms with E-state index in [1.165, 1.54) is 7.11 Å². The molecule has 0 saturated heterocycles. The fourth-order valence-corrected chi connectivity index (χ4v) is 2.64. The Morgan fingerprint density at radius 3 is 2.71 bits per heavy atom. The van der Waals surface area contributed by atoms with Crippen LogP contribution in [0.5, 0.6) is 0 Å². The van der Waals surface area contributed by atoms with Crippen LogP contribution in [0.25, 0.3) is 0 Å². The Morgan fingerprint density at radius 1 is 1.59 bits per heavy atom. The minimum atomic E-state index is -3.34. The van der Waals surface area contributed by atoms with E-state index in [2.05, 4.69) is 9.88 Å². The van der Waals surface area contributed by atoms with Crippen molar-refractivity contribution < 1.29 is 18.4 Å². The minimum absolute atomic E-state index is 0.00745. The molecule has 1 atom stereocenters. The highest BCUT2D eigenvalue weighted by Gasteiger charge is 2.17. The summed E-state index contributed by atoms with van der Waals surface area (Å²) in [4.78, 5) is 0. The first-order chi connectivity index (χ1) is 7.95. The number of sulfonamides is 1. The zero-order valence-electron chi connectivity index (χ0n) is 10.2. The summed E-state index contributed by atoms with van der Waals surface area (Å²) in [5.74, 6) is 0.0180. The van der Waals surface area contributed by atoms with E-state index in [1.54, 1.807) is 0 Å². The van der Waals surface area contributed by atoms with E-state index in [-0.39, 0.29) is 24.1 Å². The van der Waals surface area contributed by atoms with Gasteiger partial charge in [0.05, 0.1) is 5.75 Å². The molecule has 0 saturated carbocycles. The Morgan fingerprint density at radius 2 is 2.24 bits per heavy atom. The van der Waals surface area contributed by atoms with Crippen molar-refractivity contribution in [2.45, 2.75) is 32.2 Å². The second-order valence-corrected chi connectivity index (χ2v) is 5.56. The highest BCUT2D eigenvalue weighted by molar-refractivity contribution is 7.89. The van der Waals surface area contributed by atoms with E-state index < -0.39 is 10.0 Å². The normalized spacial score (nSPS) is 14.8. The van der Waals surface area contributed by atoms with Crippen molar-refractivity contribution in [1.29, 1.82) is 0 Å². The van der Waals surface area contributed by atoms with Gasteiger partial charge in [-0.15, -0.1) is 0 Å². The molecule has 0 aliphatic rings. The van der Waals surface area contributed by atoms with Gasteiger partial charge in [-0.3, -0.25) is 0 Å². The van der Waals surface area contributed by atoms with Crippen molar-refractivity contribution in [3.63, 3.8) is 0 Å². The van der Waals surface area contributed by atoms with Gasteiger partial charge >= 0.3 is 0 Å². The zero-order valence-corrected chi connectivity index (χ0v) is 11.0. The van der Waals surface area contributed by atoms with Crippen LogP contribution in [-0.4, -0.2) is 45.0 Å². The Kier molecular flexibility index (Phi) is 7.85. The molecule has 0 fully saturated rings. The Hall–Kier alpha value is -0.860. The van der Waals surface area contributed by atoms with Crippen LogP contribution >= 0.6 is 0 Å². The number of rotatable bonds is 9. The highest BCUT2D eigenvalue weighted by Crippen LogP contribution is 2.01. The van der Waals surface area contributed by atoms with E-state index in [4.69, 9.17) is 15.7 Å². The summed E-state index contributed by atoms with van der Waals surface area (Å²) in [5.41, 5.74) is 5.34. The molecular weight excluding hydrogens is 246 g/mol. The third-order valence-electron chi connectivity index (χ3n) is 2.18. The van der Waals surface area contributed by atoms with E-state index >= 15 is 0 Å². The molecule has 7 nitrogen and oxygen atoms in total. The molecule has 0 aliphatic carbocycles.